The number of amides is 1. The van der Waals surface area contributed by atoms with Crippen molar-refractivity contribution in [2.45, 2.75) is 4.90 Å². The van der Waals surface area contributed by atoms with Crippen LogP contribution >= 0.6 is 11.8 Å². The number of nitrogens with one attached hydrogen (secondary N) is 2. The first-order valence-electron chi connectivity index (χ1n) is 6.43. The Kier molecular flexibility index (Phi) is 4.06. The summed E-state index contributed by atoms with van der Waals surface area (Å²) >= 11 is 1.13. The molecule has 0 atom stereocenters. The lowest BCUT2D eigenvalue weighted by atomic mass is 10.2. The van der Waals surface area contributed by atoms with Crippen molar-refractivity contribution in [3.05, 3.63) is 54.2 Å². The van der Waals surface area contributed by atoms with Gasteiger partial charge in [-0.25, -0.2) is 8.78 Å². The summed E-state index contributed by atoms with van der Waals surface area (Å²) in [6.07, 6.45) is 1.67. The summed E-state index contributed by atoms with van der Waals surface area (Å²) in [5, 5.41) is 10.4. The molecule has 1 aromatic heterocycles. The van der Waals surface area contributed by atoms with Crippen LogP contribution in [-0.4, -0.2) is 21.9 Å². The van der Waals surface area contributed by atoms with E-state index in [-0.39, 0.29) is 11.7 Å². The lowest BCUT2D eigenvalue weighted by Crippen LogP contribution is -2.14. The Morgan fingerprint density at radius 3 is 2.91 bits per heavy atom. The van der Waals surface area contributed by atoms with E-state index in [0.29, 0.717) is 10.6 Å². The Morgan fingerprint density at radius 1 is 1.23 bits per heavy atom. The van der Waals surface area contributed by atoms with Crippen LogP contribution in [0.25, 0.3) is 10.9 Å². The van der Waals surface area contributed by atoms with Crippen LogP contribution in [0.2, 0.25) is 0 Å². The first-order valence-corrected chi connectivity index (χ1v) is 7.42. The summed E-state index contributed by atoms with van der Waals surface area (Å²) in [7, 11) is 0. The summed E-state index contributed by atoms with van der Waals surface area (Å²) in [5.41, 5.74) is 1.37. The van der Waals surface area contributed by atoms with Gasteiger partial charge in [-0.15, -0.1) is 11.8 Å². The summed E-state index contributed by atoms with van der Waals surface area (Å²) in [5.74, 6) is -1.97. The van der Waals surface area contributed by atoms with E-state index >= 15 is 0 Å². The molecule has 0 fully saturated rings. The third-order valence-corrected chi connectivity index (χ3v) is 4.01. The van der Waals surface area contributed by atoms with Crippen molar-refractivity contribution in [3.63, 3.8) is 0 Å². The summed E-state index contributed by atoms with van der Waals surface area (Å²) in [6.45, 7) is 0. The van der Waals surface area contributed by atoms with Gasteiger partial charge in [0.25, 0.3) is 0 Å². The van der Waals surface area contributed by atoms with Gasteiger partial charge in [0.05, 0.1) is 23.2 Å². The van der Waals surface area contributed by atoms with E-state index in [1.54, 1.807) is 12.3 Å². The number of thioether (sulfide) groups is 1. The van der Waals surface area contributed by atoms with Gasteiger partial charge < -0.3 is 5.32 Å². The van der Waals surface area contributed by atoms with Crippen LogP contribution in [0.1, 0.15) is 0 Å². The normalized spacial score (nSPS) is 10.8. The molecule has 7 heteroatoms. The molecule has 2 aromatic carbocycles. The van der Waals surface area contributed by atoms with E-state index in [0.717, 1.165) is 34.8 Å². The van der Waals surface area contributed by atoms with Gasteiger partial charge in [-0.1, -0.05) is 12.1 Å². The van der Waals surface area contributed by atoms with Gasteiger partial charge in [-0.2, -0.15) is 5.10 Å². The second kappa shape index (κ2) is 6.15. The van der Waals surface area contributed by atoms with Crippen LogP contribution < -0.4 is 5.32 Å². The molecule has 0 aliphatic heterocycles. The molecule has 112 valence electrons. The molecular weight excluding hydrogens is 308 g/mol. The Hall–Kier alpha value is -2.41. The smallest absolute Gasteiger partial charge is 0.234 e. The Bertz CT molecular complexity index is 835. The van der Waals surface area contributed by atoms with Crippen molar-refractivity contribution in [1.29, 1.82) is 0 Å². The fourth-order valence-corrected chi connectivity index (χ4v) is 2.70. The molecule has 3 aromatic rings. The minimum Gasteiger partial charge on any atom is -0.323 e. The number of fused-ring (bicyclic) bond motifs is 1. The average molecular weight is 319 g/mol. The van der Waals surface area contributed by atoms with E-state index in [1.807, 2.05) is 12.1 Å². The zero-order valence-corrected chi connectivity index (χ0v) is 12.1. The number of carbonyl (C=O) groups excluding carboxylic acids is 1. The van der Waals surface area contributed by atoms with Gasteiger partial charge in [-0.3, -0.25) is 9.89 Å². The van der Waals surface area contributed by atoms with Crippen molar-refractivity contribution in [2.24, 2.45) is 0 Å². The number of aromatic nitrogens is 2. The molecule has 2 N–H and O–H groups in total. The SMILES string of the molecule is O=C(CSc1ccc(F)c(F)c1)Nc1cccc2cn[nH]c12. The molecule has 0 aliphatic rings. The summed E-state index contributed by atoms with van der Waals surface area (Å²) in [6, 6.07) is 9.01. The predicted octanol–water partition coefficient (Wildman–Crippen LogP) is 3.57. The molecule has 1 amide bonds. The number of para-hydroxylation sites is 1. The zero-order chi connectivity index (χ0) is 15.5. The number of H-pyrrole nitrogens is 1. The van der Waals surface area contributed by atoms with E-state index in [2.05, 4.69) is 15.5 Å². The molecule has 1 heterocycles. The molecule has 0 bridgehead atoms. The molecule has 22 heavy (non-hydrogen) atoms. The minimum atomic E-state index is -0.923. The molecule has 0 spiro atoms. The van der Waals surface area contributed by atoms with E-state index in [9.17, 15) is 13.6 Å². The average Bonchev–Trinajstić information content (AvgIpc) is 2.98. The third kappa shape index (κ3) is 3.09. The van der Waals surface area contributed by atoms with Crippen molar-refractivity contribution < 1.29 is 13.6 Å². The predicted molar refractivity (Wildman–Crippen MR) is 81.8 cm³/mol. The van der Waals surface area contributed by atoms with Gasteiger partial charge in [0.15, 0.2) is 11.6 Å². The number of rotatable bonds is 4. The van der Waals surface area contributed by atoms with Gasteiger partial charge in [0.1, 0.15) is 0 Å². The van der Waals surface area contributed by atoms with E-state index in [4.69, 9.17) is 0 Å². The number of hydrogen-bond donors (Lipinski definition) is 2. The summed E-state index contributed by atoms with van der Waals surface area (Å²) < 4.78 is 25.9. The highest BCUT2D eigenvalue weighted by molar-refractivity contribution is 8.00. The minimum absolute atomic E-state index is 0.0929. The lowest BCUT2D eigenvalue weighted by molar-refractivity contribution is -0.113. The van der Waals surface area contributed by atoms with Crippen molar-refractivity contribution >= 4 is 34.3 Å². The van der Waals surface area contributed by atoms with E-state index in [1.165, 1.54) is 6.07 Å². The van der Waals surface area contributed by atoms with Gasteiger partial charge in [-0.05, 0) is 24.3 Å². The third-order valence-electron chi connectivity index (χ3n) is 3.01. The molecule has 0 unspecified atom stereocenters. The maximum absolute atomic E-state index is 13.1. The van der Waals surface area contributed by atoms with Crippen molar-refractivity contribution in [1.82, 2.24) is 10.2 Å². The van der Waals surface area contributed by atoms with Crippen LogP contribution in [0.5, 0.6) is 0 Å². The second-order valence-corrected chi connectivity index (χ2v) is 5.60. The van der Waals surface area contributed by atoms with Gasteiger partial charge in [0.2, 0.25) is 5.91 Å². The topological polar surface area (TPSA) is 57.8 Å². The first-order chi connectivity index (χ1) is 10.6. The first kappa shape index (κ1) is 14.5. The largest absolute Gasteiger partial charge is 0.323 e. The monoisotopic (exact) mass is 319 g/mol. The van der Waals surface area contributed by atoms with Crippen molar-refractivity contribution in [3.8, 4) is 0 Å². The highest BCUT2D eigenvalue weighted by Crippen LogP contribution is 2.23. The number of aromatic amines is 1. The number of hydrogen-bond acceptors (Lipinski definition) is 3. The van der Waals surface area contributed by atoms with Crippen LogP contribution in [0.3, 0.4) is 0 Å². The number of benzene rings is 2. The Labute approximate surface area is 128 Å². The van der Waals surface area contributed by atoms with E-state index < -0.39 is 11.6 Å². The van der Waals surface area contributed by atoms with Crippen LogP contribution in [0, 0.1) is 11.6 Å². The van der Waals surface area contributed by atoms with Gasteiger partial charge in [0, 0.05) is 10.3 Å². The molecule has 0 saturated carbocycles. The highest BCUT2D eigenvalue weighted by Gasteiger charge is 2.09. The number of anilines is 1. The quantitative estimate of drug-likeness (QED) is 0.723. The fourth-order valence-electron chi connectivity index (χ4n) is 1.97. The Morgan fingerprint density at radius 2 is 2.09 bits per heavy atom. The number of carbonyl (C=O) groups is 1. The molecule has 3 rings (SSSR count). The zero-order valence-electron chi connectivity index (χ0n) is 11.3. The second-order valence-electron chi connectivity index (χ2n) is 4.55. The molecule has 0 saturated heterocycles. The fraction of sp³-hybridized carbons (Fsp3) is 0.0667. The standard InChI is InChI=1S/C15H11F2N3OS/c16-11-5-4-10(6-12(11)17)22-8-14(21)19-13-3-1-2-9-7-18-20-15(9)13/h1-7H,8H2,(H,18,20)(H,19,21). The molecule has 4 nitrogen and oxygen atoms in total. The van der Waals surface area contributed by atoms with Crippen LogP contribution in [-0.2, 0) is 4.79 Å². The van der Waals surface area contributed by atoms with Gasteiger partial charge >= 0.3 is 0 Å². The van der Waals surface area contributed by atoms with Crippen molar-refractivity contribution in [2.75, 3.05) is 11.1 Å². The highest BCUT2D eigenvalue weighted by atomic mass is 32.2. The van der Waals surface area contributed by atoms with Crippen LogP contribution in [0.15, 0.2) is 47.5 Å². The maximum atomic E-state index is 13.1. The molecule has 0 radical (unpaired) electrons. The number of halogens is 2. The Balaban J connectivity index is 1.65. The molecule has 0 aliphatic carbocycles. The van der Waals surface area contributed by atoms with Crippen LogP contribution in [0.4, 0.5) is 14.5 Å². The number of nitrogens with zero attached hydrogens (tertiary/aromatic N) is 1. The lowest BCUT2D eigenvalue weighted by Gasteiger charge is -2.06. The molecular formula is C15H11F2N3OS. The maximum Gasteiger partial charge on any atom is 0.234 e. The summed E-state index contributed by atoms with van der Waals surface area (Å²) in [4.78, 5) is 12.5.